The molecule has 1 aliphatic heterocycles. The van der Waals surface area contributed by atoms with Crippen LogP contribution in [-0.4, -0.2) is 67.2 Å². The van der Waals surface area contributed by atoms with Gasteiger partial charge in [-0.1, -0.05) is 0 Å². The predicted molar refractivity (Wildman–Crippen MR) is 88.6 cm³/mol. The molecule has 124 valence electrons. The van der Waals surface area contributed by atoms with Crippen LogP contribution in [0.2, 0.25) is 0 Å². The summed E-state index contributed by atoms with van der Waals surface area (Å²) in [7, 11) is 2.03. The Kier molecular flexibility index (Phi) is 5.50. The van der Waals surface area contributed by atoms with Crippen LogP contribution in [0.25, 0.3) is 0 Å². The summed E-state index contributed by atoms with van der Waals surface area (Å²) in [4.78, 5) is 41.1. The Morgan fingerprint density at radius 1 is 1.00 bits per heavy atom. The lowest BCUT2D eigenvalue weighted by atomic mass is 10.1. The van der Waals surface area contributed by atoms with E-state index in [1.165, 1.54) is 18.7 Å². The summed E-state index contributed by atoms with van der Waals surface area (Å²) in [5.41, 5.74) is 1.22. The van der Waals surface area contributed by atoms with E-state index in [1.807, 2.05) is 7.05 Å². The van der Waals surface area contributed by atoms with Crippen molar-refractivity contribution < 1.29 is 14.4 Å². The van der Waals surface area contributed by atoms with Crippen LogP contribution in [0, 0.1) is 0 Å². The first kappa shape index (κ1) is 17.1. The number of likely N-dealkylation sites (N-methyl/N-ethyl adjacent to an activating group) is 1. The molecule has 0 spiro atoms. The molecule has 0 radical (unpaired) electrons. The molecule has 0 unspecified atom stereocenters. The van der Waals surface area contributed by atoms with Gasteiger partial charge in [-0.2, -0.15) is 0 Å². The number of carbonyl (C=O) groups excluding carboxylic acids is 3. The number of rotatable bonds is 4. The number of piperazine rings is 1. The molecule has 1 heterocycles. The average molecular weight is 317 g/mol. The molecule has 0 bridgehead atoms. The highest BCUT2D eigenvalue weighted by Crippen LogP contribution is 2.16. The van der Waals surface area contributed by atoms with Gasteiger partial charge in [0.2, 0.25) is 11.8 Å². The zero-order valence-electron chi connectivity index (χ0n) is 13.9. The molecule has 1 aromatic rings. The lowest BCUT2D eigenvalue weighted by molar-refractivity contribution is -0.132. The normalized spacial score (nSPS) is 15.3. The van der Waals surface area contributed by atoms with Gasteiger partial charge in [0, 0.05) is 44.4 Å². The van der Waals surface area contributed by atoms with Crippen LogP contribution in [0.3, 0.4) is 0 Å². The van der Waals surface area contributed by atoms with E-state index in [0.29, 0.717) is 24.3 Å². The summed E-state index contributed by atoms with van der Waals surface area (Å²) in [6.45, 7) is 6.02. The van der Waals surface area contributed by atoms with Gasteiger partial charge in [-0.3, -0.25) is 14.4 Å². The Morgan fingerprint density at radius 3 is 2.04 bits per heavy atom. The quantitative estimate of drug-likeness (QED) is 0.778. The summed E-state index contributed by atoms with van der Waals surface area (Å²) in [5.74, 6) is -0.272. The third kappa shape index (κ3) is 4.39. The molecule has 6 heteroatoms. The second-order valence-electron chi connectivity index (χ2n) is 5.89. The van der Waals surface area contributed by atoms with Crippen LogP contribution in [0.5, 0.6) is 0 Å². The van der Waals surface area contributed by atoms with Crippen LogP contribution in [0.4, 0.5) is 5.69 Å². The highest BCUT2D eigenvalue weighted by Gasteiger charge is 2.23. The van der Waals surface area contributed by atoms with Crippen molar-refractivity contribution in [2.24, 2.45) is 0 Å². The number of benzene rings is 1. The molecule has 1 aromatic carbocycles. The predicted octanol–water partition coefficient (Wildman–Crippen LogP) is 1.02. The second kappa shape index (κ2) is 7.37. The molecule has 23 heavy (non-hydrogen) atoms. The third-order valence-electron chi connectivity index (χ3n) is 4.11. The van der Waals surface area contributed by atoms with Crippen molar-refractivity contribution in [3.8, 4) is 0 Å². The minimum absolute atomic E-state index is 0.0263. The van der Waals surface area contributed by atoms with E-state index in [0.717, 1.165) is 13.1 Å². The van der Waals surface area contributed by atoms with Crippen LogP contribution in [0.15, 0.2) is 24.3 Å². The van der Waals surface area contributed by atoms with Gasteiger partial charge in [0.15, 0.2) is 5.78 Å². The van der Waals surface area contributed by atoms with Crippen molar-refractivity contribution in [1.29, 1.82) is 0 Å². The molecular formula is C17H23N3O3. The van der Waals surface area contributed by atoms with E-state index in [9.17, 15) is 14.4 Å². The average Bonchev–Trinajstić information content (AvgIpc) is 2.53. The lowest BCUT2D eigenvalue weighted by Gasteiger charge is -2.33. The number of hydrogen-bond donors (Lipinski definition) is 0. The number of carbonyl (C=O) groups is 3. The SMILES string of the molecule is CC(=O)c1ccc(N(CC(=O)N2CCN(C)CC2)C(C)=O)cc1. The number of Topliss-reactive ketones (excluding diaryl/α,β-unsaturated/α-hetero) is 1. The van der Waals surface area contributed by atoms with Crippen LogP contribution >= 0.6 is 0 Å². The zero-order valence-corrected chi connectivity index (χ0v) is 13.9. The van der Waals surface area contributed by atoms with Crippen molar-refractivity contribution in [3.05, 3.63) is 29.8 Å². The van der Waals surface area contributed by atoms with Crippen LogP contribution in [0.1, 0.15) is 24.2 Å². The summed E-state index contributed by atoms with van der Waals surface area (Å²) in [6, 6.07) is 6.76. The third-order valence-corrected chi connectivity index (χ3v) is 4.11. The zero-order chi connectivity index (χ0) is 17.0. The molecule has 1 aliphatic rings. The van der Waals surface area contributed by atoms with Gasteiger partial charge in [-0.15, -0.1) is 0 Å². The van der Waals surface area contributed by atoms with E-state index in [4.69, 9.17) is 0 Å². The van der Waals surface area contributed by atoms with E-state index in [1.54, 1.807) is 29.2 Å². The van der Waals surface area contributed by atoms with Crippen LogP contribution in [-0.2, 0) is 9.59 Å². The maximum atomic E-state index is 12.4. The van der Waals surface area contributed by atoms with Crippen molar-refractivity contribution in [1.82, 2.24) is 9.80 Å². The number of nitrogens with zero attached hydrogens (tertiary/aromatic N) is 3. The first-order valence-corrected chi connectivity index (χ1v) is 7.74. The molecule has 0 atom stereocenters. The van der Waals surface area contributed by atoms with Gasteiger partial charge in [0.05, 0.1) is 0 Å². The highest BCUT2D eigenvalue weighted by atomic mass is 16.2. The van der Waals surface area contributed by atoms with E-state index < -0.39 is 0 Å². The Hall–Kier alpha value is -2.21. The molecule has 0 aromatic heterocycles. The number of hydrogen-bond acceptors (Lipinski definition) is 4. The minimum Gasteiger partial charge on any atom is -0.339 e. The summed E-state index contributed by atoms with van der Waals surface area (Å²) in [6.07, 6.45) is 0. The Morgan fingerprint density at radius 2 is 1.57 bits per heavy atom. The fourth-order valence-corrected chi connectivity index (χ4v) is 2.55. The first-order valence-electron chi connectivity index (χ1n) is 7.74. The minimum atomic E-state index is -0.192. The highest BCUT2D eigenvalue weighted by molar-refractivity contribution is 5.98. The largest absolute Gasteiger partial charge is 0.339 e. The van der Waals surface area contributed by atoms with Gasteiger partial charge in [0.1, 0.15) is 6.54 Å². The summed E-state index contributed by atoms with van der Waals surface area (Å²) >= 11 is 0. The Balaban J connectivity index is 2.08. The van der Waals surface area contributed by atoms with Crippen molar-refractivity contribution in [2.45, 2.75) is 13.8 Å². The molecule has 0 N–H and O–H groups in total. The van der Waals surface area contributed by atoms with Gasteiger partial charge in [-0.25, -0.2) is 0 Å². The van der Waals surface area contributed by atoms with Gasteiger partial charge in [-0.05, 0) is 38.2 Å². The van der Waals surface area contributed by atoms with Crippen molar-refractivity contribution in [3.63, 3.8) is 0 Å². The second-order valence-corrected chi connectivity index (χ2v) is 5.89. The fourth-order valence-electron chi connectivity index (χ4n) is 2.55. The van der Waals surface area contributed by atoms with E-state index in [2.05, 4.69) is 4.90 Å². The number of anilines is 1. The maximum Gasteiger partial charge on any atom is 0.242 e. The lowest BCUT2D eigenvalue weighted by Crippen LogP contribution is -2.50. The molecule has 1 fully saturated rings. The standard InChI is InChI=1S/C17H23N3O3/c1-13(21)15-4-6-16(7-5-15)20(14(2)22)12-17(23)19-10-8-18(3)9-11-19/h4-7H,8-12H2,1-3H3. The monoisotopic (exact) mass is 317 g/mol. The topological polar surface area (TPSA) is 60.9 Å². The molecule has 2 rings (SSSR count). The van der Waals surface area contributed by atoms with Gasteiger partial charge in [0.25, 0.3) is 0 Å². The number of ketones is 1. The van der Waals surface area contributed by atoms with Crippen molar-refractivity contribution in [2.75, 3.05) is 44.7 Å². The van der Waals surface area contributed by atoms with Gasteiger partial charge < -0.3 is 14.7 Å². The Labute approximate surface area is 136 Å². The molecule has 6 nitrogen and oxygen atoms in total. The fraction of sp³-hybridized carbons (Fsp3) is 0.471. The molecular weight excluding hydrogens is 294 g/mol. The molecule has 2 amide bonds. The summed E-state index contributed by atoms with van der Waals surface area (Å²) in [5, 5.41) is 0. The summed E-state index contributed by atoms with van der Waals surface area (Å²) < 4.78 is 0. The number of amides is 2. The molecule has 1 saturated heterocycles. The molecule has 0 aliphatic carbocycles. The van der Waals surface area contributed by atoms with E-state index >= 15 is 0 Å². The van der Waals surface area contributed by atoms with E-state index in [-0.39, 0.29) is 24.1 Å². The van der Waals surface area contributed by atoms with Gasteiger partial charge >= 0.3 is 0 Å². The van der Waals surface area contributed by atoms with Crippen LogP contribution < -0.4 is 4.90 Å². The van der Waals surface area contributed by atoms with Crippen molar-refractivity contribution >= 4 is 23.3 Å². The molecule has 0 saturated carbocycles. The smallest absolute Gasteiger partial charge is 0.242 e. The maximum absolute atomic E-state index is 12.4. The first-order chi connectivity index (χ1) is 10.9. The Bertz CT molecular complexity index is 590.